The zero-order chi connectivity index (χ0) is 18.4. The fourth-order valence-electron chi connectivity index (χ4n) is 1.81. The number of hydrogen-bond donors (Lipinski definition) is 3. The van der Waals surface area contributed by atoms with Crippen LogP contribution in [0.4, 0.5) is 15.8 Å². The van der Waals surface area contributed by atoms with Crippen molar-refractivity contribution in [2.75, 3.05) is 11.9 Å². The summed E-state index contributed by atoms with van der Waals surface area (Å²) in [5.41, 5.74) is 2.13. The van der Waals surface area contributed by atoms with Gasteiger partial charge in [0.25, 0.3) is 5.91 Å². The van der Waals surface area contributed by atoms with Gasteiger partial charge in [0.2, 0.25) is 5.75 Å². The fourth-order valence-corrected chi connectivity index (χ4v) is 2.03. The van der Waals surface area contributed by atoms with Gasteiger partial charge in [-0.25, -0.2) is 9.82 Å². The summed E-state index contributed by atoms with van der Waals surface area (Å²) in [6.07, 6.45) is 1.03. The first-order valence-electron chi connectivity index (χ1n) is 6.85. The van der Waals surface area contributed by atoms with Crippen molar-refractivity contribution in [3.8, 4) is 5.75 Å². The van der Waals surface area contributed by atoms with Gasteiger partial charge in [0.1, 0.15) is 5.82 Å². The maximum Gasteiger partial charge on any atom is 0.312 e. The van der Waals surface area contributed by atoms with Crippen LogP contribution in [0.1, 0.15) is 5.56 Å². The van der Waals surface area contributed by atoms with E-state index in [4.69, 9.17) is 11.6 Å². The van der Waals surface area contributed by atoms with Crippen molar-refractivity contribution in [2.24, 2.45) is 5.10 Å². The first kappa shape index (κ1) is 18.1. The topological polar surface area (TPSA) is 117 Å². The van der Waals surface area contributed by atoms with Gasteiger partial charge in [-0.2, -0.15) is 5.10 Å². The Labute approximate surface area is 146 Å². The number of benzene rings is 2. The summed E-state index contributed by atoms with van der Waals surface area (Å²) in [5.74, 6) is -1.52. The smallest absolute Gasteiger partial charge is 0.312 e. The van der Waals surface area contributed by atoms with Crippen LogP contribution in [0.2, 0.25) is 5.02 Å². The van der Waals surface area contributed by atoms with Gasteiger partial charge in [-0.1, -0.05) is 11.6 Å². The number of anilines is 1. The van der Waals surface area contributed by atoms with E-state index in [0.29, 0.717) is 5.69 Å². The van der Waals surface area contributed by atoms with Gasteiger partial charge < -0.3 is 10.4 Å². The van der Waals surface area contributed by atoms with Crippen LogP contribution in [0.25, 0.3) is 0 Å². The number of carbonyl (C=O) groups excluding carboxylic acids is 1. The molecular formula is C15H12ClFN4O4. The van der Waals surface area contributed by atoms with Crippen LogP contribution in [0, 0.1) is 15.9 Å². The second-order valence-corrected chi connectivity index (χ2v) is 5.21. The minimum Gasteiger partial charge on any atom is -0.502 e. The Balaban J connectivity index is 1.95. The van der Waals surface area contributed by atoms with Crippen molar-refractivity contribution < 1.29 is 19.2 Å². The normalized spacial score (nSPS) is 10.6. The molecule has 0 aliphatic rings. The largest absolute Gasteiger partial charge is 0.502 e. The number of nitro groups is 1. The van der Waals surface area contributed by atoms with Gasteiger partial charge >= 0.3 is 5.69 Å². The van der Waals surface area contributed by atoms with Crippen molar-refractivity contribution in [1.29, 1.82) is 0 Å². The predicted octanol–water partition coefficient (Wildman–Crippen LogP) is 2.66. The van der Waals surface area contributed by atoms with Gasteiger partial charge in [0.15, 0.2) is 0 Å². The van der Waals surface area contributed by atoms with Crippen LogP contribution in [-0.4, -0.2) is 28.7 Å². The minimum atomic E-state index is -0.788. The van der Waals surface area contributed by atoms with E-state index in [0.717, 1.165) is 12.3 Å². The number of phenols is 1. The molecule has 0 atom stereocenters. The molecule has 2 aromatic carbocycles. The van der Waals surface area contributed by atoms with Gasteiger partial charge in [0.05, 0.1) is 17.7 Å². The zero-order valence-corrected chi connectivity index (χ0v) is 13.3. The molecule has 0 aliphatic heterocycles. The summed E-state index contributed by atoms with van der Waals surface area (Å²) in [7, 11) is 0. The van der Waals surface area contributed by atoms with Crippen LogP contribution in [0.5, 0.6) is 5.75 Å². The standard InChI is InChI=1S/C15H12ClFN4O4/c16-10-5-9(15(23)13(6-10)21(24)25)7-19-20-14(22)8-18-12-3-1-11(17)2-4-12/h1-7,18,23H,8H2,(H,20,22)/b19-7-. The average Bonchev–Trinajstić information content (AvgIpc) is 2.57. The van der Waals surface area contributed by atoms with Crippen molar-refractivity contribution in [3.63, 3.8) is 0 Å². The summed E-state index contributed by atoms with van der Waals surface area (Å²) in [6.45, 7) is -0.134. The van der Waals surface area contributed by atoms with E-state index in [1.807, 2.05) is 0 Å². The van der Waals surface area contributed by atoms with Crippen molar-refractivity contribution >= 4 is 35.1 Å². The number of nitrogens with one attached hydrogen (secondary N) is 2. The molecule has 0 fully saturated rings. The van der Waals surface area contributed by atoms with Crippen LogP contribution in [0.15, 0.2) is 41.5 Å². The highest BCUT2D eigenvalue weighted by atomic mass is 35.5. The Morgan fingerprint density at radius 1 is 1.36 bits per heavy atom. The van der Waals surface area contributed by atoms with Crippen LogP contribution < -0.4 is 10.7 Å². The van der Waals surface area contributed by atoms with E-state index in [1.54, 1.807) is 0 Å². The van der Waals surface area contributed by atoms with Crippen molar-refractivity contribution in [2.45, 2.75) is 0 Å². The maximum absolute atomic E-state index is 12.8. The Bertz CT molecular complexity index is 827. The average molecular weight is 367 g/mol. The van der Waals surface area contributed by atoms with Gasteiger partial charge in [-0.15, -0.1) is 0 Å². The van der Waals surface area contributed by atoms with Crippen LogP contribution >= 0.6 is 11.6 Å². The lowest BCUT2D eigenvalue weighted by molar-refractivity contribution is -0.385. The number of aromatic hydroxyl groups is 1. The lowest BCUT2D eigenvalue weighted by Crippen LogP contribution is -2.25. The number of amides is 1. The second-order valence-electron chi connectivity index (χ2n) is 4.77. The number of nitro benzene ring substituents is 1. The lowest BCUT2D eigenvalue weighted by atomic mass is 10.2. The highest BCUT2D eigenvalue weighted by Gasteiger charge is 2.17. The Kier molecular flexibility index (Phi) is 5.85. The Hall–Kier alpha value is -3.20. The molecule has 0 radical (unpaired) electrons. The number of phenolic OH excluding ortho intramolecular Hbond substituents is 1. The number of hydrogen-bond acceptors (Lipinski definition) is 6. The molecule has 0 heterocycles. The van der Waals surface area contributed by atoms with Crippen LogP contribution in [-0.2, 0) is 4.79 Å². The van der Waals surface area contributed by atoms with Gasteiger partial charge in [-0.05, 0) is 30.3 Å². The van der Waals surface area contributed by atoms with Crippen molar-refractivity contribution in [1.82, 2.24) is 5.43 Å². The van der Waals surface area contributed by atoms with E-state index >= 15 is 0 Å². The molecule has 0 bridgehead atoms. The van der Waals surface area contributed by atoms with E-state index in [-0.39, 0.29) is 17.1 Å². The van der Waals surface area contributed by atoms with Crippen molar-refractivity contribution in [3.05, 3.63) is 62.9 Å². The van der Waals surface area contributed by atoms with E-state index in [2.05, 4.69) is 15.8 Å². The SMILES string of the molecule is O=C(CNc1ccc(F)cc1)N/N=C\c1cc(Cl)cc([N+](=O)[O-])c1O. The summed E-state index contributed by atoms with van der Waals surface area (Å²) in [6, 6.07) is 7.68. The summed E-state index contributed by atoms with van der Waals surface area (Å²) >= 11 is 5.73. The third-order valence-corrected chi connectivity index (χ3v) is 3.19. The highest BCUT2D eigenvalue weighted by molar-refractivity contribution is 6.31. The maximum atomic E-state index is 12.8. The third kappa shape index (κ3) is 5.15. The minimum absolute atomic E-state index is 0.0222. The van der Waals surface area contributed by atoms with E-state index in [1.165, 1.54) is 30.3 Å². The molecule has 25 heavy (non-hydrogen) atoms. The highest BCUT2D eigenvalue weighted by Crippen LogP contribution is 2.32. The lowest BCUT2D eigenvalue weighted by Gasteiger charge is -2.05. The molecule has 0 spiro atoms. The molecule has 2 rings (SSSR count). The molecule has 3 N–H and O–H groups in total. The summed E-state index contributed by atoms with van der Waals surface area (Å²) in [4.78, 5) is 21.6. The molecule has 0 saturated carbocycles. The fraction of sp³-hybridized carbons (Fsp3) is 0.0667. The van der Waals surface area contributed by atoms with E-state index < -0.39 is 28.1 Å². The molecular weight excluding hydrogens is 355 g/mol. The Morgan fingerprint density at radius 3 is 2.68 bits per heavy atom. The number of nitrogens with zero attached hydrogens (tertiary/aromatic N) is 2. The summed E-state index contributed by atoms with van der Waals surface area (Å²) in [5, 5.41) is 27.0. The molecule has 0 aliphatic carbocycles. The van der Waals surface area contributed by atoms with Gasteiger partial charge in [-0.3, -0.25) is 14.9 Å². The molecule has 0 aromatic heterocycles. The zero-order valence-electron chi connectivity index (χ0n) is 12.6. The van der Waals surface area contributed by atoms with E-state index in [9.17, 15) is 24.4 Å². The number of halogens is 2. The summed E-state index contributed by atoms with van der Waals surface area (Å²) < 4.78 is 12.8. The second kappa shape index (κ2) is 8.06. The Morgan fingerprint density at radius 2 is 2.04 bits per heavy atom. The number of hydrazone groups is 1. The third-order valence-electron chi connectivity index (χ3n) is 2.97. The first-order valence-corrected chi connectivity index (χ1v) is 7.23. The number of carbonyl (C=O) groups is 1. The molecule has 2 aromatic rings. The molecule has 130 valence electrons. The molecule has 8 nitrogen and oxygen atoms in total. The predicted molar refractivity (Wildman–Crippen MR) is 90.4 cm³/mol. The molecule has 1 amide bonds. The molecule has 10 heteroatoms. The first-order chi connectivity index (χ1) is 11.9. The monoisotopic (exact) mass is 366 g/mol. The van der Waals surface area contributed by atoms with Crippen LogP contribution in [0.3, 0.4) is 0 Å². The number of rotatable bonds is 6. The molecule has 0 unspecified atom stereocenters. The quantitative estimate of drug-likeness (QED) is 0.413. The molecule has 0 saturated heterocycles. The van der Waals surface area contributed by atoms with Gasteiger partial charge in [0, 0.05) is 22.3 Å².